The van der Waals surface area contributed by atoms with Crippen molar-refractivity contribution < 1.29 is 4.74 Å². The van der Waals surface area contributed by atoms with Crippen LogP contribution in [0.5, 0.6) is 5.88 Å². The fraction of sp³-hybridized carbons (Fsp3) is 0.250. The van der Waals surface area contributed by atoms with Gasteiger partial charge >= 0.3 is 0 Å². The highest BCUT2D eigenvalue weighted by Gasteiger charge is 2.18. The lowest BCUT2D eigenvalue weighted by Gasteiger charge is -2.11. The van der Waals surface area contributed by atoms with Crippen LogP contribution < -0.4 is 4.74 Å². The summed E-state index contributed by atoms with van der Waals surface area (Å²) in [4.78, 5) is 8.46. The van der Waals surface area contributed by atoms with Gasteiger partial charge in [0.05, 0.1) is 18.0 Å². The number of thiocarbonyl (C=S) groups is 1. The highest BCUT2D eigenvalue weighted by molar-refractivity contribution is 7.78. The molecule has 0 saturated heterocycles. The Bertz CT molecular complexity index is 706. The number of benzene rings is 1. The lowest BCUT2D eigenvalue weighted by molar-refractivity contribution is 0.398. The van der Waals surface area contributed by atoms with Crippen molar-refractivity contribution in [2.24, 2.45) is 4.99 Å². The summed E-state index contributed by atoms with van der Waals surface area (Å²) in [5, 5.41) is 2.51. The number of ether oxygens (including phenoxy) is 1. The fourth-order valence-electron chi connectivity index (χ4n) is 2.74. The van der Waals surface area contributed by atoms with Crippen molar-refractivity contribution in [3.63, 3.8) is 0 Å². The molecular weight excluding hydrogens is 268 g/mol. The molecule has 1 aliphatic rings. The van der Waals surface area contributed by atoms with E-state index >= 15 is 0 Å². The first-order valence-corrected chi connectivity index (χ1v) is 6.97. The van der Waals surface area contributed by atoms with Crippen LogP contribution in [0, 0.1) is 0 Å². The van der Waals surface area contributed by atoms with Gasteiger partial charge in [-0.05, 0) is 54.2 Å². The minimum Gasteiger partial charge on any atom is -0.481 e. The van der Waals surface area contributed by atoms with Gasteiger partial charge in [-0.15, -0.1) is 0 Å². The highest BCUT2D eigenvalue weighted by atomic mass is 32.1. The van der Waals surface area contributed by atoms with Crippen molar-refractivity contribution >= 4 is 23.1 Å². The molecule has 0 unspecified atom stereocenters. The predicted octanol–water partition coefficient (Wildman–Crippen LogP) is 3.98. The van der Waals surface area contributed by atoms with E-state index in [0.29, 0.717) is 5.88 Å². The highest BCUT2D eigenvalue weighted by Crippen LogP contribution is 2.39. The molecule has 3 rings (SSSR count). The fourth-order valence-corrected chi connectivity index (χ4v) is 2.83. The summed E-state index contributed by atoms with van der Waals surface area (Å²) < 4.78 is 5.19. The second-order valence-electron chi connectivity index (χ2n) is 4.74. The molecule has 2 aromatic rings. The van der Waals surface area contributed by atoms with E-state index in [0.717, 1.165) is 29.7 Å². The number of pyridine rings is 1. The smallest absolute Gasteiger partial charge is 0.213 e. The van der Waals surface area contributed by atoms with Crippen molar-refractivity contribution in [1.29, 1.82) is 0 Å². The van der Waals surface area contributed by atoms with E-state index in [1.54, 1.807) is 13.3 Å². The summed E-state index contributed by atoms with van der Waals surface area (Å²) in [6.45, 7) is 0. The van der Waals surface area contributed by atoms with Crippen molar-refractivity contribution in [3.05, 3.63) is 41.6 Å². The zero-order valence-corrected chi connectivity index (χ0v) is 12.0. The SMILES string of the molecule is COc1cc(-c2ccc3c(c2N=C=S)CCC3)ccn1. The average Bonchev–Trinajstić information content (AvgIpc) is 2.97. The number of methoxy groups -OCH3 is 1. The largest absolute Gasteiger partial charge is 0.481 e. The minimum absolute atomic E-state index is 0.597. The Morgan fingerprint density at radius 1 is 1.30 bits per heavy atom. The molecule has 0 spiro atoms. The third-order valence-corrected chi connectivity index (χ3v) is 3.76. The van der Waals surface area contributed by atoms with Crippen LogP contribution in [0.2, 0.25) is 0 Å². The summed E-state index contributed by atoms with van der Waals surface area (Å²) in [7, 11) is 1.62. The van der Waals surface area contributed by atoms with Crippen LogP contribution in [-0.4, -0.2) is 17.3 Å². The Balaban J connectivity index is 2.20. The van der Waals surface area contributed by atoms with E-state index < -0.39 is 0 Å². The van der Waals surface area contributed by atoms with Crippen molar-refractivity contribution in [3.8, 4) is 17.0 Å². The number of hydrogen-bond acceptors (Lipinski definition) is 4. The maximum absolute atomic E-state index is 5.19. The van der Waals surface area contributed by atoms with Gasteiger partial charge in [0.15, 0.2) is 0 Å². The second kappa shape index (κ2) is 5.53. The molecule has 100 valence electrons. The molecule has 0 amide bonds. The summed E-state index contributed by atoms with van der Waals surface area (Å²) in [5.74, 6) is 0.597. The molecule has 4 heteroatoms. The number of fused-ring (bicyclic) bond motifs is 1. The van der Waals surface area contributed by atoms with Gasteiger partial charge in [0.25, 0.3) is 0 Å². The van der Waals surface area contributed by atoms with Crippen LogP contribution in [0.3, 0.4) is 0 Å². The Hall–Kier alpha value is -2.03. The van der Waals surface area contributed by atoms with Crippen LogP contribution >= 0.6 is 12.2 Å². The molecular formula is C16H14N2OS. The number of nitrogens with zero attached hydrogens (tertiary/aromatic N) is 2. The Morgan fingerprint density at radius 2 is 2.20 bits per heavy atom. The quantitative estimate of drug-likeness (QED) is 0.631. The topological polar surface area (TPSA) is 34.5 Å². The Kier molecular flexibility index (Phi) is 3.59. The van der Waals surface area contributed by atoms with Gasteiger partial charge in [0.1, 0.15) is 0 Å². The number of hydrogen-bond donors (Lipinski definition) is 0. The standard InChI is InChI=1S/C16H14N2OS/c1-19-15-9-12(7-8-17-15)14-6-5-11-3-2-4-13(11)16(14)18-10-20/h5-9H,2-4H2,1H3. The van der Waals surface area contributed by atoms with E-state index in [9.17, 15) is 0 Å². The van der Waals surface area contributed by atoms with Crippen molar-refractivity contribution in [2.75, 3.05) is 7.11 Å². The Morgan fingerprint density at radius 3 is 3.00 bits per heavy atom. The first-order valence-electron chi connectivity index (χ1n) is 6.56. The summed E-state index contributed by atoms with van der Waals surface area (Å²) in [6, 6.07) is 8.16. The molecule has 0 radical (unpaired) electrons. The lowest BCUT2D eigenvalue weighted by Crippen LogP contribution is -1.90. The molecule has 1 aromatic heterocycles. The van der Waals surface area contributed by atoms with Gasteiger partial charge in [0.2, 0.25) is 5.88 Å². The summed E-state index contributed by atoms with van der Waals surface area (Å²) in [5.41, 5.74) is 5.72. The molecule has 3 nitrogen and oxygen atoms in total. The zero-order valence-electron chi connectivity index (χ0n) is 11.2. The summed E-state index contributed by atoms with van der Waals surface area (Å²) >= 11 is 4.81. The van der Waals surface area contributed by atoms with Crippen LogP contribution in [-0.2, 0) is 12.8 Å². The zero-order chi connectivity index (χ0) is 13.9. The molecule has 1 heterocycles. The molecule has 0 atom stereocenters. The number of aliphatic imine (C=N–C) groups is 1. The van der Waals surface area contributed by atoms with E-state index in [-0.39, 0.29) is 0 Å². The van der Waals surface area contributed by atoms with E-state index in [4.69, 9.17) is 17.0 Å². The Labute approximate surface area is 123 Å². The molecule has 0 bridgehead atoms. The van der Waals surface area contributed by atoms with Gasteiger partial charge in [-0.3, -0.25) is 0 Å². The maximum Gasteiger partial charge on any atom is 0.213 e. The van der Waals surface area contributed by atoms with E-state index in [1.165, 1.54) is 17.5 Å². The van der Waals surface area contributed by atoms with Gasteiger partial charge in [-0.1, -0.05) is 12.1 Å². The number of aryl methyl sites for hydroxylation is 1. The third-order valence-electron chi connectivity index (χ3n) is 3.67. The number of isothiocyanates is 1. The molecule has 0 aliphatic heterocycles. The van der Waals surface area contributed by atoms with Gasteiger partial charge in [0, 0.05) is 17.8 Å². The first kappa shape index (κ1) is 13.0. The van der Waals surface area contributed by atoms with E-state index in [2.05, 4.69) is 27.3 Å². The molecule has 20 heavy (non-hydrogen) atoms. The van der Waals surface area contributed by atoms with Crippen LogP contribution in [0.1, 0.15) is 17.5 Å². The third kappa shape index (κ3) is 2.24. The molecule has 0 N–H and O–H groups in total. The number of rotatable bonds is 3. The lowest BCUT2D eigenvalue weighted by atomic mass is 9.98. The minimum atomic E-state index is 0.597. The van der Waals surface area contributed by atoms with Gasteiger partial charge in [-0.2, -0.15) is 4.99 Å². The normalized spacial score (nSPS) is 12.7. The molecule has 1 aliphatic carbocycles. The van der Waals surface area contributed by atoms with Crippen LogP contribution in [0.25, 0.3) is 11.1 Å². The maximum atomic E-state index is 5.19. The first-order chi connectivity index (χ1) is 9.83. The monoisotopic (exact) mass is 282 g/mol. The summed E-state index contributed by atoms with van der Waals surface area (Å²) in [6.07, 6.45) is 5.10. The van der Waals surface area contributed by atoms with E-state index in [1.807, 2.05) is 12.1 Å². The van der Waals surface area contributed by atoms with Crippen molar-refractivity contribution in [2.45, 2.75) is 19.3 Å². The number of aromatic nitrogens is 1. The van der Waals surface area contributed by atoms with Crippen LogP contribution in [0.15, 0.2) is 35.5 Å². The van der Waals surface area contributed by atoms with Gasteiger partial charge in [-0.25, -0.2) is 4.98 Å². The average molecular weight is 282 g/mol. The molecule has 0 fully saturated rings. The molecule has 0 saturated carbocycles. The van der Waals surface area contributed by atoms with Gasteiger partial charge < -0.3 is 4.74 Å². The van der Waals surface area contributed by atoms with Crippen LogP contribution in [0.4, 0.5) is 5.69 Å². The van der Waals surface area contributed by atoms with Crippen molar-refractivity contribution in [1.82, 2.24) is 4.98 Å². The molecule has 1 aromatic carbocycles. The predicted molar refractivity (Wildman–Crippen MR) is 82.9 cm³/mol. The second-order valence-corrected chi connectivity index (χ2v) is 4.93.